The van der Waals surface area contributed by atoms with Crippen molar-refractivity contribution in [3.8, 4) is 0 Å². The van der Waals surface area contributed by atoms with Gasteiger partial charge in [-0.1, -0.05) is 11.6 Å². The Kier molecular flexibility index (Phi) is 5.31. The van der Waals surface area contributed by atoms with Gasteiger partial charge < -0.3 is 5.32 Å². The predicted molar refractivity (Wildman–Crippen MR) is 74.0 cm³/mol. The molecule has 0 bridgehead atoms. The lowest BCUT2D eigenvalue weighted by Gasteiger charge is -2.11. The van der Waals surface area contributed by atoms with Crippen molar-refractivity contribution in [3.63, 3.8) is 0 Å². The van der Waals surface area contributed by atoms with E-state index in [1.807, 2.05) is 19.4 Å². The van der Waals surface area contributed by atoms with Crippen LogP contribution in [0.4, 0.5) is 0 Å². The summed E-state index contributed by atoms with van der Waals surface area (Å²) in [6.07, 6.45) is 3.79. The van der Waals surface area contributed by atoms with Crippen LogP contribution in [0.3, 0.4) is 0 Å². The van der Waals surface area contributed by atoms with Gasteiger partial charge in [0.15, 0.2) is 9.84 Å². The molecule has 0 spiro atoms. The SMILES string of the molecule is CNCCc1cc(Cl)c(SC)c(S(C)(=O)=O)c1. The lowest BCUT2D eigenvalue weighted by Crippen LogP contribution is -2.11. The summed E-state index contributed by atoms with van der Waals surface area (Å²) >= 11 is 7.47. The smallest absolute Gasteiger partial charge is 0.176 e. The summed E-state index contributed by atoms with van der Waals surface area (Å²) in [5.74, 6) is 0. The van der Waals surface area contributed by atoms with E-state index in [9.17, 15) is 8.42 Å². The molecule has 0 amide bonds. The van der Waals surface area contributed by atoms with E-state index in [0.29, 0.717) is 14.8 Å². The lowest BCUT2D eigenvalue weighted by atomic mass is 10.1. The Labute approximate surface area is 112 Å². The third-order valence-corrected chi connectivity index (χ3v) is 4.84. The van der Waals surface area contributed by atoms with Crippen molar-refractivity contribution >= 4 is 33.2 Å². The fourth-order valence-corrected chi connectivity index (χ4v) is 4.07. The molecule has 17 heavy (non-hydrogen) atoms. The largest absolute Gasteiger partial charge is 0.319 e. The van der Waals surface area contributed by atoms with Crippen molar-refractivity contribution in [1.82, 2.24) is 5.32 Å². The fraction of sp³-hybridized carbons (Fsp3) is 0.455. The molecule has 1 rings (SSSR count). The van der Waals surface area contributed by atoms with E-state index >= 15 is 0 Å². The molecule has 0 unspecified atom stereocenters. The van der Waals surface area contributed by atoms with E-state index in [0.717, 1.165) is 18.5 Å². The third kappa shape index (κ3) is 3.88. The highest BCUT2D eigenvalue weighted by Crippen LogP contribution is 2.33. The third-order valence-electron chi connectivity index (χ3n) is 2.34. The summed E-state index contributed by atoms with van der Waals surface area (Å²) in [7, 11) is -1.38. The molecule has 0 aliphatic rings. The van der Waals surface area contributed by atoms with Gasteiger partial charge in [0.05, 0.1) is 9.92 Å². The van der Waals surface area contributed by atoms with Crippen LogP contribution in [0.2, 0.25) is 5.02 Å². The second-order valence-corrected chi connectivity index (χ2v) is 6.94. The van der Waals surface area contributed by atoms with Gasteiger partial charge in [-0.3, -0.25) is 0 Å². The zero-order valence-electron chi connectivity index (χ0n) is 10.1. The van der Waals surface area contributed by atoms with Gasteiger partial charge >= 0.3 is 0 Å². The first-order valence-electron chi connectivity index (χ1n) is 5.11. The summed E-state index contributed by atoms with van der Waals surface area (Å²) in [5.41, 5.74) is 0.933. The fourth-order valence-electron chi connectivity index (χ4n) is 1.51. The molecule has 96 valence electrons. The maximum absolute atomic E-state index is 11.7. The molecule has 1 aromatic carbocycles. The van der Waals surface area contributed by atoms with Crippen LogP contribution in [-0.4, -0.2) is 34.5 Å². The zero-order chi connectivity index (χ0) is 13.1. The average molecular weight is 294 g/mol. The van der Waals surface area contributed by atoms with Crippen molar-refractivity contribution < 1.29 is 8.42 Å². The van der Waals surface area contributed by atoms with Crippen LogP contribution in [0.1, 0.15) is 5.56 Å². The highest BCUT2D eigenvalue weighted by atomic mass is 35.5. The van der Waals surface area contributed by atoms with Crippen molar-refractivity contribution in [3.05, 3.63) is 22.7 Å². The Morgan fingerprint density at radius 1 is 1.41 bits per heavy atom. The van der Waals surface area contributed by atoms with E-state index in [1.54, 1.807) is 6.07 Å². The summed E-state index contributed by atoms with van der Waals surface area (Å²) in [5, 5.41) is 3.53. The Balaban J connectivity index is 3.29. The van der Waals surface area contributed by atoms with Crippen molar-refractivity contribution in [2.45, 2.75) is 16.2 Å². The van der Waals surface area contributed by atoms with Gasteiger partial charge in [0.1, 0.15) is 0 Å². The number of thioether (sulfide) groups is 1. The molecule has 0 aromatic heterocycles. The minimum atomic E-state index is -3.24. The molecule has 0 radical (unpaired) electrons. The van der Waals surface area contributed by atoms with E-state index < -0.39 is 9.84 Å². The highest BCUT2D eigenvalue weighted by Gasteiger charge is 2.17. The van der Waals surface area contributed by atoms with Gasteiger partial charge in [-0.2, -0.15) is 0 Å². The topological polar surface area (TPSA) is 46.2 Å². The number of nitrogens with one attached hydrogen (secondary N) is 1. The molecule has 0 heterocycles. The first kappa shape index (κ1) is 14.8. The normalized spacial score (nSPS) is 11.8. The Morgan fingerprint density at radius 2 is 2.06 bits per heavy atom. The van der Waals surface area contributed by atoms with Crippen molar-refractivity contribution in [2.75, 3.05) is 26.1 Å². The van der Waals surface area contributed by atoms with Crippen LogP contribution in [0, 0.1) is 0 Å². The summed E-state index contributed by atoms with van der Waals surface area (Å²) in [6.45, 7) is 0.790. The summed E-state index contributed by atoms with van der Waals surface area (Å²) in [6, 6.07) is 3.55. The molecule has 6 heteroatoms. The Morgan fingerprint density at radius 3 is 2.53 bits per heavy atom. The zero-order valence-corrected chi connectivity index (χ0v) is 12.5. The molecular formula is C11H16ClNO2S2. The Bertz CT molecular complexity index is 500. The van der Waals surface area contributed by atoms with Crippen LogP contribution in [0.15, 0.2) is 21.9 Å². The van der Waals surface area contributed by atoms with Gasteiger partial charge in [-0.25, -0.2) is 8.42 Å². The van der Waals surface area contributed by atoms with Crippen LogP contribution in [0.25, 0.3) is 0 Å². The van der Waals surface area contributed by atoms with Crippen LogP contribution in [-0.2, 0) is 16.3 Å². The molecule has 1 aromatic rings. The maximum Gasteiger partial charge on any atom is 0.176 e. The number of likely N-dealkylation sites (N-methyl/N-ethyl adjacent to an activating group) is 1. The Hall–Kier alpha value is -0.230. The number of hydrogen-bond donors (Lipinski definition) is 1. The number of benzene rings is 1. The number of hydrogen-bond acceptors (Lipinski definition) is 4. The maximum atomic E-state index is 11.7. The predicted octanol–water partition coefficient (Wildman–Crippen LogP) is 2.23. The monoisotopic (exact) mass is 293 g/mol. The quantitative estimate of drug-likeness (QED) is 0.846. The van der Waals surface area contributed by atoms with E-state index in [4.69, 9.17) is 11.6 Å². The molecule has 3 nitrogen and oxygen atoms in total. The molecule has 0 atom stereocenters. The molecule has 0 saturated heterocycles. The molecule has 0 fully saturated rings. The number of rotatable bonds is 5. The van der Waals surface area contributed by atoms with Crippen LogP contribution < -0.4 is 5.32 Å². The van der Waals surface area contributed by atoms with Crippen LogP contribution in [0.5, 0.6) is 0 Å². The van der Waals surface area contributed by atoms with E-state index in [2.05, 4.69) is 5.32 Å². The first-order chi connectivity index (χ1) is 7.90. The standard InChI is InChI=1S/C11H16ClNO2S2/c1-13-5-4-8-6-9(12)11(16-2)10(7-8)17(3,14)15/h6-7,13H,4-5H2,1-3H3. The average Bonchev–Trinajstić information content (AvgIpc) is 2.24. The molecule has 0 saturated carbocycles. The number of sulfone groups is 1. The minimum Gasteiger partial charge on any atom is -0.319 e. The summed E-state index contributed by atoms with van der Waals surface area (Å²) < 4.78 is 23.4. The van der Waals surface area contributed by atoms with Gasteiger partial charge in [-0.15, -0.1) is 11.8 Å². The molecule has 1 N–H and O–H groups in total. The van der Waals surface area contributed by atoms with Crippen molar-refractivity contribution in [1.29, 1.82) is 0 Å². The minimum absolute atomic E-state index is 0.323. The van der Waals surface area contributed by atoms with Gasteiger partial charge in [0.2, 0.25) is 0 Å². The molecule has 0 aliphatic heterocycles. The highest BCUT2D eigenvalue weighted by molar-refractivity contribution is 7.99. The van der Waals surface area contributed by atoms with Crippen molar-refractivity contribution in [2.24, 2.45) is 0 Å². The van der Waals surface area contributed by atoms with E-state index in [-0.39, 0.29) is 0 Å². The van der Waals surface area contributed by atoms with Gasteiger partial charge in [0, 0.05) is 11.2 Å². The molecule has 0 aliphatic carbocycles. The first-order valence-corrected chi connectivity index (χ1v) is 8.60. The van der Waals surface area contributed by atoms with E-state index in [1.165, 1.54) is 18.0 Å². The second-order valence-electron chi connectivity index (χ2n) is 3.73. The lowest BCUT2D eigenvalue weighted by molar-refractivity contribution is 0.599. The number of halogens is 1. The van der Waals surface area contributed by atoms with Crippen LogP contribution >= 0.6 is 23.4 Å². The second kappa shape index (κ2) is 6.09. The summed E-state index contributed by atoms with van der Waals surface area (Å²) in [4.78, 5) is 0.950. The van der Waals surface area contributed by atoms with Gasteiger partial charge in [-0.05, 0) is 44.0 Å². The molecular weight excluding hydrogens is 278 g/mol. The van der Waals surface area contributed by atoms with Gasteiger partial charge in [0.25, 0.3) is 0 Å².